The average molecular weight is 346 g/mol. The van der Waals surface area contributed by atoms with E-state index in [0.29, 0.717) is 17.7 Å². The van der Waals surface area contributed by atoms with Crippen LogP contribution in [-0.4, -0.2) is 49.4 Å². The first-order chi connectivity index (χ1) is 11.5. The number of likely N-dealkylation sites (tertiary alicyclic amines) is 1. The Morgan fingerprint density at radius 2 is 2.17 bits per heavy atom. The van der Waals surface area contributed by atoms with Gasteiger partial charge in [0.1, 0.15) is 9.84 Å². The summed E-state index contributed by atoms with van der Waals surface area (Å²) >= 11 is 0. The Balaban J connectivity index is 1.74. The molecule has 1 aliphatic heterocycles. The first-order valence-corrected chi connectivity index (χ1v) is 11.0. The van der Waals surface area contributed by atoms with E-state index in [9.17, 15) is 8.42 Å². The number of H-pyrrole nitrogens is 1. The number of fused-ring (bicyclic) bond motifs is 2. The van der Waals surface area contributed by atoms with Gasteiger partial charge in [-0.1, -0.05) is 19.1 Å². The van der Waals surface area contributed by atoms with Gasteiger partial charge in [-0.05, 0) is 48.9 Å². The second kappa shape index (κ2) is 5.88. The lowest BCUT2D eigenvalue weighted by molar-refractivity contribution is 0.0920. The summed E-state index contributed by atoms with van der Waals surface area (Å²) in [4.78, 5) is 5.97. The van der Waals surface area contributed by atoms with E-state index in [1.54, 1.807) is 0 Å². The smallest absolute Gasteiger partial charge is 0.147 e. The van der Waals surface area contributed by atoms with E-state index in [4.69, 9.17) is 0 Å². The maximum Gasteiger partial charge on any atom is 0.147 e. The molecular weight excluding hydrogens is 320 g/mol. The second-order valence-electron chi connectivity index (χ2n) is 7.65. The molecule has 2 aromatic rings. The molecule has 0 amide bonds. The lowest BCUT2D eigenvalue weighted by atomic mass is 9.72. The van der Waals surface area contributed by atoms with E-state index in [1.165, 1.54) is 28.3 Å². The van der Waals surface area contributed by atoms with Crippen molar-refractivity contribution in [2.45, 2.75) is 38.1 Å². The summed E-state index contributed by atoms with van der Waals surface area (Å²) in [6.07, 6.45) is 6.71. The van der Waals surface area contributed by atoms with Crippen molar-refractivity contribution in [2.75, 3.05) is 25.1 Å². The van der Waals surface area contributed by atoms with Gasteiger partial charge < -0.3 is 4.98 Å². The molecule has 130 valence electrons. The van der Waals surface area contributed by atoms with Gasteiger partial charge in [0.15, 0.2) is 0 Å². The minimum atomic E-state index is -2.93. The third-order valence-electron chi connectivity index (χ3n) is 5.71. The standard InChI is InChI=1S/C19H26N2O2S/c1-3-7-21-11-13(12-24(2,22)23)8-16-15-5-4-6-17-19(15)14(10-20-17)9-18(16)21/h4-6,10,13,16,18,20H,3,7-9,11-12H2,1-2H3/t13-,16-,18+/m1/s1. The summed E-state index contributed by atoms with van der Waals surface area (Å²) < 4.78 is 23.7. The largest absolute Gasteiger partial charge is 0.361 e. The highest BCUT2D eigenvalue weighted by Crippen LogP contribution is 2.44. The summed E-state index contributed by atoms with van der Waals surface area (Å²) in [5, 5.41) is 1.38. The fraction of sp³-hybridized carbons (Fsp3) is 0.579. The Kier molecular flexibility index (Phi) is 3.96. The van der Waals surface area contributed by atoms with Crippen LogP contribution in [0.5, 0.6) is 0 Å². The highest BCUT2D eigenvalue weighted by Gasteiger charge is 2.41. The Hall–Kier alpha value is -1.33. The van der Waals surface area contributed by atoms with Gasteiger partial charge in [-0.3, -0.25) is 4.90 Å². The van der Waals surface area contributed by atoms with E-state index < -0.39 is 9.84 Å². The van der Waals surface area contributed by atoms with E-state index >= 15 is 0 Å². The molecule has 4 nitrogen and oxygen atoms in total. The van der Waals surface area contributed by atoms with Crippen molar-refractivity contribution in [1.82, 2.24) is 9.88 Å². The molecular formula is C19H26N2O2S. The van der Waals surface area contributed by atoms with E-state index in [2.05, 4.69) is 41.2 Å². The van der Waals surface area contributed by atoms with Crippen LogP contribution in [0.2, 0.25) is 0 Å². The molecule has 24 heavy (non-hydrogen) atoms. The number of aromatic amines is 1. The van der Waals surface area contributed by atoms with Crippen LogP contribution in [0.25, 0.3) is 10.9 Å². The summed E-state index contributed by atoms with van der Waals surface area (Å²) in [6, 6.07) is 7.03. The molecule has 1 saturated heterocycles. The van der Waals surface area contributed by atoms with Crippen LogP contribution in [0, 0.1) is 5.92 Å². The minimum Gasteiger partial charge on any atom is -0.361 e. The first-order valence-electron chi connectivity index (χ1n) is 8.97. The van der Waals surface area contributed by atoms with Gasteiger partial charge in [-0.25, -0.2) is 8.42 Å². The Morgan fingerprint density at radius 1 is 1.33 bits per heavy atom. The van der Waals surface area contributed by atoms with Crippen molar-refractivity contribution in [1.29, 1.82) is 0 Å². The maximum atomic E-state index is 11.8. The van der Waals surface area contributed by atoms with Gasteiger partial charge in [0, 0.05) is 41.9 Å². The third-order valence-corrected chi connectivity index (χ3v) is 6.79. The lowest BCUT2D eigenvalue weighted by Crippen LogP contribution is -2.51. The minimum absolute atomic E-state index is 0.239. The molecule has 2 aliphatic rings. The molecule has 3 atom stereocenters. The highest BCUT2D eigenvalue weighted by atomic mass is 32.2. The van der Waals surface area contributed by atoms with Crippen LogP contribution in [0.3, 0.4) is 0 Å². The van der Waals surface area contributed by atoms with Crippen molar-refractivity contribution >= 4 is 20.7 Å². The van der Waals surface area contributed by atoms with Crippen molar-refractivity contribution < 1.29 is 8.42 Å². The van der Waals surface area contributed by atoms with Gasteiger partial charge in [0.05, 0.1) is 5.75 Å². The van der Waals surface area contributed by atoms with Crippen LogP contribution < -0.4 is 0 Å². The number of sulfone groups is 1. The molecule has 0 saturated carbocycles. The Morgan fingerprint density at radius 3 is 2.92 bits per heavy atom. The van der Waals surface area contributed by atoms with Gasteiger partial charge >= 0.3 is 0 Å². The van der Waals surface area contributed by atoms with Gasteiger partial charge in [0.2, 0.25) is 0 Å². The maximum absolute atomic E-state index is 11.8. The number of benzene rings is 1. The van der Waals surface area contributed by atoms with E-state index in [-0.39, 0.29) is 5.92 Å². The zero-order valence-corrected chi connectivity index (χ0v) is 15.3. The number of nitrogens with one attached hydrogen (secondary N) is 1. The molecule has 1 N–H and O–H groups in total. The van der Waals surface area contributed by atoms with Crippen molar-refractivity contribution in [2.24, 2.45) is 5.92 Å². The van der Waals surface area contributed by atoms with Crippen molar-refractivity contribution in [3.05, 3.63) is 35.5 Å². The molecule has 0 bridgehead atoms. The molecule has 0 spiro atoms. The van der Waals surface area contributed by atoms with Crippen molar-refractivity contribution in [3.8, 4) is 0 Å². The van der Waals surface area contributed by atoms with Crippen LogP contribution >= 0.6 is 0 Å². The molecule has 1 fully saturated rings. The van der Waals surface area contributed by atoms with Gasteiger partial charge in [0.25, 0.3) is 0 Å². The highest BCUT2D eigenvalue weighted by molar-refractivity contribution is 7.90. The predicted molar refractivity (Wildman–Crippen MR) is 98.2 cm³/mol. The summed E-state index contributed by atoms with van der Waals surface area (Å²) in [5.74, 6) is 1.000. The third kappa shape index (κ3) is 2.78. The number of rotatable bonds is 4. The SMILES string of the molecule is CCCN1C[C@H](CS(C)(=O)=O)C[C@@H]2c3cccc4[nH]cc(c34)C[C@@H]21. The molecule has 1 aromatic heterocycles. The predicted octanol–water partition coefficient (Wildman–Crippen LogP) is 2.95. The molecule has 0 radical (unpaired) electrons. The molecule has 5 heteroatoms. The molecule has 1 aliphatic carbocycles. The molecule has 4 rings (SSSR count). The topological polar surface area (TPSA) is 53.2 Å². The lowest BCUT2D eigenvalue weighted by Gasteiger charge is -2.47. The quantitative estimate of drug-likeness (QED) is 0.926. The Labute approximate surface area is 144 Å². The molecule has 2 heterocycles. The van der Waals surface area contributed by atoms with E-state index in [1.807, 2.05) is 0 Å². The van der Waals surface area contributed by atoms with Crippen LogP contribution in [0.4, 0.5) is 0 Å². The number of hydrogen-bond donors (Lipinski definition) is 1. The molecule has 1 aromatic carbocycles. The average Bonchev–Trinajstić information content (AvgIpc) is 2.92. The zero-order chi connectivity index (χ0) is 16.9. The fourth-order valence-electron chi connectivity index (χ4n) is 4.99. The van der Waals surface area contributed by atoms with Gasteiger partial charge in [-0.15, -0.1) is 0 Å². The number of piperidine rings is 1. The fourth-order valence-corrected chi connectivity index (χ4v) is 6.09. The second-order valence-corrected chi connectivity index (χ2v) is 9.84. The normalized spacial score (nSPS) is 27.3. The first kappa shape index (κ1) is 16.2. The summed E-state index contributed by atoms with van der Waals surface area (Å²) in [7, 11) is -2.93. The Bertz CT molecular complexity index is 855. The number of nitrogens with zero attached hydrogens (tertiary/aromatic N) is 1. The van der Waals surface area contributed by atoms with Crippen LogP contribution in [0.15, 0.2) is 24.4 Å². The van der Waals surface area contributed by atoms with Gasteiger partial charge in [-0.2, -0.15) is 0 Å². The summed E-state index contributed by atoms with van der Waals surface area (Å²) in [6.45, 7) is 4.18. The molecule has 0 unspecified atom stereocenters. The monoisotopic (exact) mass is 346 g/mol. The van der Waals surface area contributed by atoms with Crippen molar-refractivity contribution in [3.63, 3.8) is 0 Å². The number of hydrogen-bond acceptors (Lipinski definition) is 3. The van der Waals surface area contributed by atoms with Crippen LogP contribution in [0.1, 0.15) is 36.8 Å². The zero-order valence-electron chi connectivity index (χ0n) is 14.5. The van der Waals surface area contributed by atoms with E-state index in [0.717, 1.165) is 32.4 Å². The number of aromatic nitrogens is 1. The van der Waals surface area contributed by atoms with Crippen LogP contribution in [-0.2, 0) is 16.3 Å². The summed E-state index contributed by atoms with van der Waals surface area (Å²) in [5.41, 5.74) is 4.05.